The number of nitrogens with zero attached hydrogens (tertiary/aromatic N) is 2. The van der Waals surface area contributed by atoms with Crippen LogP contribution in [-0.4, -0.2) is 29.0 Å². The van der Waals surface area contributed by atoms with Gasteiger partial charge in [0, 0.05) is 31.3 Å². The second kappa shape index (κ2) is 7.50. The fourth-order valence-corrected chi connectivity index (χ4v) is 3.51. The van der Waals surface area contributed by atoms with Gasteiger partial charge in [0.25, 0.3) is 0 Å². The van der Waals surface area contributed by atoms with E-state index in [9.17, 15) is 4.79 Å². The molecule has 1 N–H and O–H groups in total. The largest absolute Gasteiger partial charge is 0.449 e. The minimum Gasteiger partial charge on any atom is -0.449 e. The van der Waals surface area contributed by atoms with Crippen molar-refractivity contribution < 1.29 is 9.53 Å². The van der Waals surface area contributed by atoms with E-state index in [-0.39, 0.29) is 5.92 Å². The van der Waals surface area contributed by atoms with Gasteiger partial charge in [-0.25, -0.2) is 4.79 Å². The Balaban J connectivity index is 1.34. The van der Waals surface area contributed by atoms with Crippen LogP contribution in [0.25, 0.3) is 17.2 Å². The van der Waals surface area contributed by atoms with E-state index in [0.29, 0.717) is 13.2 Å². The molecule has 4 rings (SSSR count). The van der Waals surface area contributed by atoms with E-state index in [4.69, 9.17) is 4.74 Å². The zero-order valence-corrected chi connectivity index (χ0v) is 15.1. The first-order chi connectivity index (χ1) is 13.2. The van der Waals surface area contributed by atoms with Crippen molar-refractivity contribution in [3.63, 3.8) is 0 Å². The van der Waals surface area contributed by atoms with E-state index in [0.717, 1.165) is 5.56 Å². The van der Waals surface area contributed by atoms with Gasteiger partial charge in [0.1, 0.15) is 6.61 Å². The van der Waals surface area contributed by atoms with Crippen LogP contribution in [0, 0.1) is 0 Å². The average molecular weight is 359 g/mol. The Kier molecular flexibility index (Phi) is 4.75. The number of benzene rings is 2. The van der Waals surface area contributed by atoms with Gasteiger partial charge >= 0.3 is 6.09 Å². The molecule has 0 atom stereocenters. The molecule has 1 aliphatic rings. The van der Waals surface area contributed by atoms with E-state index >= 15 is 0 Å². The van der Waals surface area contributed by atoms with Crippen LogP contribution in [0.5, 0.6) is 0 Å². The molecule has 0 unspecified atom stereocenters. The lowest BCUT2D eigenvalue weighted by Gasteiger charge is -2.14. The van der Waals surface area contributed by atoms with E-state index < -0.39 is 6.09 Å². The minimum absolute atomic E-state index is 0.0779. The molecule has 0 fully saturated rings. The van der Waals surface area contributed by atoms with Crippen molar-refractivity contribution in [2.75, 3.05) is 13.2 Å². The number of rotatable bonds is 5. The highest BCUT2D eigenvalue weighted by molar-refractivity contribution is 5.79. The predicted molar refractivity (Wildman–Crippen MR) is 105 cm³/mol. The third kappa shape index (κ3) is 3.62. The highest BCUT2D eigenvalue weighted by atomic mass is 16.5. The van der Waals surface area contributed by atoms with Crippen LogP contribution in [0.3, 0.4) is 0 Å². The third-order valence-electron chi connectivity index (χ3n) is 4.74. The van der Waals surface area contributed by atoms with Gasteiger partial charge in [-0.05, 0) is 22.3 Å². The standard InChI is InChI=1S/C22H21N3O2/c1-25-14-16(13-24-25)7-6-12-23-22(26)27-15-21-19-10-4-2-8-17(19)18-9-3-5-11-20(18)21/h2-11,13-14,21H,12,15H2,1H3,(H,23,26). The molecule has 1 amide bonds. The maximum Gasteiger partial charge on any atom is 0.407 e. The smallest absolute Gasteiger partial charge is 0.407 e. The van der Waals surface area contributed by atoms with Gasteiger partial charge in [-0.15, -0.1) is 0 Å². The summed E-state index contributed by atoms with van der Waals surface area (Å²) in [7, 11) is 1.87. The van der Waals surface area contributed by atoms with Gasteiger partial charge in [-0.1, -0.05) is 60.7 Å². The number of nitrogens with one attached hydrogen (secondary N) is 1. The van der Waals surface area contributed by atoms with Crippen LogP contribution in [0.2, 0.25) is 0 Å². The molecule has 1 aromatic heterocycles. The normalized spacial score (nSPS) is 12.8. The van der Waals surface area contributed by atoms with Gasteiger partial charge in [0.15, 0.2) is 0 Å². The Hall–Kier alpha value is -3.34. The Morgan fingerprint density at radius 2 is 1.81 bits per heavy atom. The summed E-state index contributed by atoms with van der Waals surface area (Å²) in [4.78, 5) is 12.1. The molecular formula is C22H21N3O2. The molecule has 5 nitrogen and oxygen atoms in total. The van der Waals surface area contributed by atoms with Crippen molar-refractivity contribution >= 4 is 12.2 Å². The number of carbonyl (C=O) groups excluding carboxylic acids is 1. The number of carbonyl (C=O) groups is 1. The fraction of sp³-hybridized carbons (Fsp3) is 0.182. The molecular weight excluding hydrogens is 338 g/mol. The Morgan fingerprint density at radius 3 is 2.44 bits per heavy atom. The molecule has 136 valence electrons. The number of ether oxygens (including phenoxy) is 1. The summed E-state index contributed by atoms with van der Waals surface area (Å²) in [5, 5.41) is 6.85. The maximum atomic E-state index is 12.1. The van der Waals surface area contributed by atoms with Crippen LogP contribution in [-0.2, 0) is 11.8 Å². The fourth-order valence-electron chi connectivity index (χ4n) is 3.51. The van der Waals surface area contributed by atoms with Crippen molar-refractivity contribution in [2.45, 2.75) is 5.92 Å². The first-order valence-electron chi connectivity index (χ1n) is 8.96. The number of alkyl carbamates (subject to hydrolysis) is 1. The van der Waals surface area contributed by atoms with Gasteiger partial charge in [0.05, 0.1) is 6.20 Å². The van der Waals surface area contributed by atoms with Crippen molar-refractivity contribution in [3.05, 3.63) is 83.7 Å². The summed E-state index contributed by atoms with van der Waals surface area (Å²) < 4.78 is 7.23. The first-order valence-corrected chi connectivity index (χ1v) is 8.96. The highest BCUT2D eigenvalue weighted by Gasteiger charge is 2.28. The van der Waals surface area contributed by atoms with Crippen molar-refractivity contribution in [3.8, 4) is 11.1 Å². The summed E-state index contributed by atoms with van der Waals surface area (Å²) >= 11 is 0. The number of hydrogen-bond acceptors (Lipinski definition) is 3. The lowest BCUT2D eigenvalue weighted by molar-refractivity contribution is 0.144. The molecule has 27 heavy (non-hydrogen) atoms. The van der Waals surface area contributed by atoms with E-state index in [2.05, 4.69) is 34.7 Å². The minimum atomic E-state index is -0.410. The van der Waals surface area contributed by atoms with Crippen molar-refractivity contribution in [1.29, 1.82) is 0 Å². The molecule has 0 aliphatic heterocycles. The molecule has 0 bridgehead atoms. The molecule has 2 aromatic carbocycles. The van der Waals surface area contributed by atoms with Crippen LogP contribution in [0.15, 0.2) is 67.0 Å². The topological polar surface area (TPSA) is 56.2 Å². The number of hydrogen-bond donors (Lipinski definition) is 1. The molecule has 5 heteroatoms. The van der Waals surface area contributed by atoms with Gasteiger partial charge < -0.3 is 10.1 Å². The monoisotopic (exact) mass is 359 g/mol. The number of aromatic nitrogens is 2. The Bertz CT molecular complexity index is 945. The van der Waals surface area contributed by atoms with Gasteiger partial charge in [0.2, 0.25) is 0 Å². The molecule has 0 spiro atoms. The number of fused-ring (bicyclic) bond motifs is 3. The van der Waals surface area contributed by atoms with E-state index in [1.165, 1.54) is 22.3 Å². The first kappa shape index (κ1) is 17.1. The second-order valence-corrected chi connectivity index (χ2v) is 6.56. The maximum absolute atomic E-state index is 12.1. The van der Waals surface area contributed by atoms with Crippen molar-refractivity contribution in [2.24, 2.45) is 7.05 Å². The van der Waals surface area contributed by atoms with Gasteiger partial charge in [-0.2, -0.15) is 5.10 Å². The molecule has 0 saturated carbocycles. The summed E-state index contributed by atoms with van der Waals surface area (Å²) in [6.07, 6.45) is 7.05. The third-order valence-corrected chi connectivity index (χ3v) is 4.74. The molecule has 1 heterocycles. The second-order valence-electron chi connectivity index (χ2n) is 6.56. The average Bonchev–Trinajstić information content (AvgIpc) is 3.25. The Morgan fingerprint density at radius 1 is 1.15 bits per heavy atom. The highest BCUT2D eigenvalue weighted by Crippen LogP contribution is 2.44. The van der Waals surface area contributed by atoms with E-state index in [1.54, 1.807) is 10.9 Å². The molecule has 0 saturated heterocycles. The molecule has 0 radical (unpaired) electrons. The SMILES string of the molecule is Cn1cc(C=CCNC(=O)OCC2c3ccccc3-c3ccccc32)cn1. The summed E-state index contributed by atoms with van der Waals surface area (Å²) in [6, 6.07) is 16.6. The lowest BCUT2D eigenvalue weighted by Crippen LogP contribution is -2.26. The molecule has 1 aliphatic carbocycles. The summed E-state index contributed by atoms with van der Waals surface area (Å²) in [6.45, 7) is 0.734. The quantitative estimate of drug-likeness (QED) is 0.750. The van der Waals surface area contributed by atoms with Crippen molar-refractivity contribution in [1.82, 2.24) is 15.1 Å². The Labute approximate surface area is 158 Å². The lowest BCUT2D eigenvalue weighted by atomic mass is 9.98. The van der Waals surface area contributed by atoms with Crippen LogP contribution >= 0.6 is 0 Å². The van der Waals surface area contributed by atoms with E-state index in [1.807, 2.05) is 49.7 Å². The zero-order valence-electron chi connectivity index (χ0n) is 15.1. The predicted octanol–water partition coefficient (Wildman–Crippen LogP) is 3.97. The van der Waals surface area contributed by atoms with Crippen LogP contribution < -0.4 is 5.32 Å². The zero-order chi connectivity index (χ0) is 18.6. The van der Waals surface area contributed by atoms with Crippen LogP contribution in [0.1, 0.15) is 22.6 Å². The summed E-state index contributed by atoms with van der Waals surface area (Å²) in [5.41, 5.74) is 5.86. The van der Waals surface area contributed by atoms with Gasteiger partial charge in [-0.3, -0.25) is 4.68 Å². The summed E-state index contributed by atoms with van der Waals surface area (Å²) in [5.74, 6) is 0.0779. The number of aryl methyl sites for hydroxylation is 1. The molecule has 3 aromatic rings. The number of amides is 1. The van der Waals surface area contributed by atoms with Crippen LogP contribution in [0.4, 0.5) is 4.79 Å².